The molecule has 3 nitrogen and oxygen atoms in total. The summed E-state index contributed by atoms with van der Waals surface area (Å²) < 4.78 is 40.9. The highest BCUT2D eigenvalue weighted by Crippen LogP contribution is 2.33. The lowest BCUT2D eigenvalue weighted by Crippen LogP contribution is -2.47. The van der Waals surface area contributed by atoms with Gasteiger partial charge in [0.05, 0.1) is 5.56 Å². The molecule has 0 aliphatic carbocycles. The summed E-state index contributed by atoms with van der Waals surface area (Å²) in [5.41, 5.74) is 1.22. The minimum atomic E-state index is -4.36. The molecule has 1 heterocycles. The molecule has 1 aliphatic heterocycles. The van der Waals surface area contributed by atoms with Gasteiger partial charge in [-0.25, -0.2) is 0 Å². The van der Waals surface area contributed by atoms with E-state index in [4.69, 9.17) is 0 Å². The van der Waals surface area contributed by atoms with Gasteiger partial charge in [0.2, 0.25) is 5.91 Å². The van der Waals surface area contributed by atoms with Crippen LogP contribution in [0.25, 0.3) is 6.08 Å². The van der Waals surface area contributed by atoms with Crippen molar-refractivity contribution in [2.75, 3.05) is 26.2 Å². The van der Waals surface area contributed by atoms with Crippen LogP contribution in [0, 0.1) is 6.92 Å². The highest BCUT2D eigenvalue weighted by molar-refractivity contribution is 9.10. The first-order valence-corrected chi connectivity index (χ1v) is 10.1. The highest BCUT2D eigenvalue weighted by Gasteiger charge is 2.34. The van der Waals surface area contributed by atoms with Gasteiger partial charge in [-0.3, -0.25) is 9.69 Å². The van der Waals surface area contributed by atoms with Crippen molar-refractivity contribution in [1.82, 2.24) is 9.80 Å². The number of alkyl halides is 3. The van der Waals surface area contributed by atoms with Crippen LogP contribution in [-0.2, 0) is 17.5 Å². The maximum absolute atomic E-state index is 13.3. The number of amides is 1. The number of hydrogen-bond acceptors (Lipinski definition) is 2. The molecule has 154 valence electrons. The molecule has 29 heavy (non-hydrogen) atoms. The van der Waals surface area contributed by atoms with E-state index < -0.39 is 11.7 Å². The lowest BCUT2D eigenvalue weighted by Gasteiger charge is -2.34. The number of benzene rings is 2. The zero-order valence-electron chi connectivity index (χ0n) is 16.0. The van der Waals surface area contributed by atoms with E-state index in [1.54, 1.807) is 36.1 Å². The van der Waals surface area contributed by atoms with E-state index in [-0.39, 0.29) is 18.0 Å². The number of piperazine rings is 1. The van der Waals surface area contributed by atoms with Gasteiger partial charge in [0.25, 0.3) is 0 Å². The first-order valence-electron chi connectivity index (χ1n) is 9.34. The lowest BCUT2D eigenvalue weighted by molar-refractivity contribution is -0.138. The van der Waals surface area contributed by atoms with Gasteiger partial charge in [-0.05, 0) is 42.3 Å². The summed E-state index contributed by atoms with van der Waals surface area (Å²) in [5, 5.41) is 0. The Kier molecular flexibility index (Phi) is 6.80. The minimum Gasteiger partial charge on any atom is -0.337 e. The Morgan fingerprint density at radius 1 is 1.07 bits per heavy atom. The summed E-state index contributed by atoms with van der Waals surface area (Å²) in [6, 6.07) is 12.1. The van der Waals surface area contributed by atoms with Crippen molar-refractivity contribution in [2.24, 2.45) is 0 Å². The third-order valence-electron chi connectivity index (χ3n) is 4.94. The van der Waals surface area contributed by atoms with E-state index >= 15 is 0 Å². The van der Waals surface area contributed by atoms with Gasteiger partial charge in [0.1, 0.15) is 0 Å². The molecule has 0 saturated carbocycles. The van der Waals surface area contributed by atoms with Crippen molar-refractivity contribution in [3.8, 4) is 0 Å². The third kappa shape index (κ3) is 5.93. The predicted molar refractivity (Wildman–Crippen MR) is 111 cm³/mol. The molecule has 0 N–H and O–H groups in total. The van der Waals surface area contributed by atoms with Crippen LogP contribution in [0.1, 0.15) is 22.3 Å². The Morgan fingerprint density at radius 3 is 2.34 bits per heavy atom. The van der Waals surface area contributed by atoms with E-state index in [9.17, 15) is 18.0 Å². The SMILES string of the molecule is Cc1ccc(CN2CCN(C(=O)/C=C/c3ccc(Br)cc3)CC2)c(C(F)(F)F)c1. The van der Waals surface area contributed by atoms with Crippen molar-refractivity contribution < 1.29 is 18.0 Å². The van der Waals surface area contributed by atoms with Crippen molar-refractivity contribution in [3.63, 3.8) is 0 Å². The molecule has 0 unspecified atom stereocenters. The molecule has 0 radical (unpaired) electrons. The second-order valence-corrected chi connectivity index (χ2v) is 8.06. The van der Waals surface area contributed by atoms with Crippen LogP contribution in [0.3, 0.4) is 0 Å². The third-order valence-corrected chi connectivity index (χ3v) is 5.47. The molecular formula is C22H22BrF3N2O. The Bertz CT molecular complexity index is 886. The summed E-state index contributed by atoms with van der Waals surface area (Å²) in [6.45, 7) is 3.97. The molecule has 0 aromatic heterocycles. The van der Waals surface area contributed by atoms with Crippen molar-refractivity contribution >= 4 is 27.9 Å². The predicted octanol–water partition coefficient (Wildman–Crippen LogP) is 5.13. The monoisotopic (exact) mass is 466 g/mol. The number of carbonyl (C=O) groups excluding carboxylic acids is 1. The van der Waals surface area contributed by atoms with Crippen molar-refractivity contribution in [1.29, 1.82) is 0 Å². The van der Waals surface area contributed by atoms with Crippen LogP contribution in [0.5, 0.6) is 0 Å². The van der Waals surface area contributed by atoms with Gasteiger partial charge in [0.15, 0.2) is 0 Å². The van der Waals surface area contributed by atoms with Crippen LogP contribution in [0.2, 0.25) is 0 Å². The maximum atomic E-state index is 13.3. The average Bonchev–Trinajstić information content (AvgIpc) is 2.68. The van der Waals surface area contributed by atoms with E-state index in [0.717, 1.165) is 10.0 Å². The second-order valence-electron chi connectivity index (χ2n) is 7.14. The molecule has 1 aliphatic rings. The average molecular weight is 467 g/mol. The van der Waals surface area contributed by atoms with Gasteiger partial charge in [-0.15, -0.1) is 0 Å². The summed E-state index contributed by atoms with van der Waals surface area (Å²) in [4.78, 5) is 16.1. The number of hydrogen-bond donors (Lipinski definition) is 0. The fourth-order valence-electron chi connectivity index (χ4n) is 3.31. The summed E-state index contributed by atoms with van der Waals surface area (Å²) in [6.07, 6.45) is -1.05. The number of halogens is 4. The topological polar surface area (TPSA) is 23.6 Å². The van der Waals surface area contributed by atoms with Crippen LogP contribution in [0.15, 0.2) is 53.0 Å². The number of rotatable bonds is 4. The number of nitrogens with zero attached hydrogens (tertiary/aromatic N) is 2. The fourth-order valence-corrected chi connectivity index (χ4v) is 3.57. The van der Waals surface area contributed by atoms with E-state index in [1.807, 2.05) is 29.2 Å². The highest BCUT2D eigenvalue weighted by atomic mass is 79.9. The van der Waals surface area contributed by atoms with Crippen molar-refractivity contribution in [3.05, 3.63) is 75.3 Å². The molecule has 1 saturated heterocycles. The fraction of sp³-hybridized carbons (Fsp3) is 0.318. The summed E-state index contributed by atoms with van der Waals surface area (Å²) in [7, 11) is 0. The summed E-state index contributed by atoms with van der Waals surface area (Å²) >= 11 is 3.37. The molecule has 1 fully saturated rings. The second kappa shape index (κ2) is 9.13. The van der Waals surface area contributed by atoms with Crippen LogP contribution < -0.4 is 0 Å². The molecule has 3 rings (SSSR count). The van der Waals surface area contributed by atoms with E-state index in [1.165, 1.54) is 6.07 Å². The normalized spacial score (nSPS) is 15.8. The quantitative estimate of drug-likeness (QED) is 0.582. The molecule has 0 bridgehead atoms. The van der Waals surface area contributed by atoms with Crippen molar-refractivity contribution in [2.45, 2.75) is 19.6 Å². The molecule has 0 atom stereocenters. The Morgan fingerprint density at radius 2 is 1.72 bits per heavy atom. The Balaban J connectivity index is 1.57. The van der Waals surface area contributed by atoms with Gasteiger partial charge in [-0.1, -0.05) is 45.8 Å². The Hall–Kier alpha value is -2.12. The van der Waals surface area contributed by atoms with Crippen LogP contribution >= 0.6 is 15.9 Å². The van der Waals surface area contributed by atoms with Crippen LogP contribution in [0.4, 0.5) is 13.2 Å². The molecule has 2 aromatic carbocycles. The lowest BCUT2D eigenvalue weighted by atomic mass is 10.0. The maximum Gasteiger partial charge on any atom is 0.416 e. The number of carbonyl (C=O) groups is 1. The molecular weight excluding hydrogens is 445 g/mol. The van der Waals surface area contributed by atoms with Crippen LogP contribution in [-0.4, -0.2) is 41.9 Å². The van der Waals surface area contributed by atoms with Gasteiger partial charge in [-0.2, -0.15) is 13.2 Å². The smallest absolute Gasteiger partial charge is 0.337 e. The molecule has 1 amide bonds. The summed E-state index contributed by atoms with van der Waals surface area (Å²) in [5.74, 6) is -0.0844. The molecule has 0 spiro atoms. The molecule has 7 heteroatoms. The first kappa shape index (κ1) is 21.6. The Labute approximate surface area is 176 Å². The number of aryl methyl sites for hydroxylation is 1. The van der Waals surface area contributed by atoms with E-state index in [0.29, 0.717) is 31.7 Å². The largest absolute Gasteiger partial charge is 0.416 e. The van der Waals surface area contributed by atoms with Gasteiger partial charge >= 0.3 is 6.18 Å². The van der Waals surface area contributed by atoms with Gasteiger partial charge < -0.3 is 4.90 Å². The first-order chi connectivity index (χ1) is 13.7. The van der Waals surface area contributed by atoms with E-state index in [2.05, 4.69) is 15.9 Å². The standard InChI is InChI=1S/C22H22BrF3N2O/c1-16-2-6-18(20(14-16)22(24,25)26)15-27-10-12-28(13-11-27)21(29)9-5-17-3-7-19(23)8-4-17/h2-9,14H,10-13,15H2,1H3/b9-5+. The minimum absolute atomic E-state index is 0.0844. The zero-order valence-corrected chi connectivity index (χ0v) is 17.6. The zero-order chi connectivity index (χ0) is 21.0. The molecule has 2 aromatic rings. The van der Waals surface area contributed by atoms with Gasteiger partial charge in [0, 0.05) is 43.3 Å².